The molecule has 31 heavy (non-hydrogen) atoms. The van der Waals surface area contributed by atoms with Crippen molar-refractivity contribution >= 4 is 32.5 Å². The average Bonchev–Trinajstić information content (AvgIpc) is 3.05. The van der Waals surface area contributed by atoms with Gasteiger partial charge in [-0.05, 0) is 56.6 Å². The summed E-state index contributed by atoms with van der Waals surface area (Å²) in [5, 5.41) is 2.77. The minimum Gasteiger partial charge on any atom is -0.408 e. The first-order valence-electron chi connectivity index (χ1n) is 9.62. The van der Waals surface area contributed by atoms with Gasteiger partial charge >= 0.3 is 5.76 Å². The summed E-state index contributed by atoms with van der Waals surface area (Å²) in [6.45, 7) is 1.21. The molecule has 0 aliphatic rings. The number of hydrogen-bond acceptors (Lipinski definition) is 7. The van der Waals surface area contributed by atoms with E-state index in [2.05, 4.69) is 5.32 Å². The van der Waals surface area contributed by atoms with E-state index in [1.165, 1.54) is 35.9 Å². The fourth-order valence-electron chi connectivity index (χ4n) is 2.98. The smallest absolute Gasteiger partial charge is 0.408 e. The lowest BCUT2D eigenvalue weighted by Crippen LogP contribution is -2.23. The van der Waals surface area contributed by atoms with E-state index in [0.717, 1.165) is 0 Å². The fourth-order valence-corrected chi connectivity index (χ4v) is 4.15. The van der Waals surface area contributed by atoms with Gasteiger partial charge in [0.2, 0.25) is 0 Å². The maximum Gasteiger partial charge on any atom is 0.419 e. The molecule has 0 saturated heterocycles. The summed E-state index contributed by atoms with van der Waals surface area (Å²) in [4.78, 5) is 26.8. The van der Waals surface area contributed by atoms with Crippen LogP contribution in [0.1, 0.15) is 10.4 Å². The summed E-state index contributed by atoms with van der Waals surface area (Å²) < 4.78 is 36.0. The van der Waals surface area contributed by atoms with Gasteiger partial charge in [0.1, 0.15) is 0 Å². The number of benzene rings is 2. The second-order valence-electron chi connectivity index (χ2n) is 7.30. The van der Waals surface area contributed by atoms with Gasteiger partial charge < -0.3 is 19.4 Å². The predicted octanol–water partition coefficient (Wildman–Crippen LogP) is 1.83. The van der Waals surface area contributed by atoms with E-state index in [-0.39, 0.29) is 17.3 Å². The minimum atomic E-state index is -3.47. The standard InChI is InChI=1S/C21H25N3O6S/c1-23(2)10-11-24-18-14-16(6-9-19(18)30-21(24)26)22-20(25)15-4-7-17(8-5-15)31(27,28)13-12-29-3/h4-9,14H,10-13H2,1-3H3,(H,22,25). The van der Waals surface area contributed by atoms with Crippen LogP contribution in [0.15, 0.2) is 56.6 Å². The van der Waals surface area contributed by atoms with E-state index in [9.17, 15) is 18.0 Å². The van der Waals surface area contributed by atoms with Crippen molar-refractivity contribution in [3.63, 3.8) is 0 Å². The molecule has 1 N–H and O–H groups in total. The summed E-state index contributed by atoms with van der Waals surface area (Å²) in [5.74, 6) is -0.980. The van der Waals surface area contributed by atoms with E-state index in [1.54, 1.807) is 18.2 Å². The number of hydrogen-bond donors (Lipinski definition) is 1. The Morgan fingerprint density at radius 1 is 1.16 bits per heavy atom. The van der Waals surface area contributed by atoms with Crippen LogP contribution in [0.5, 0.6) is 0 Å². The predicted molar refractivity (Wildman–Crippen MR) is 117 cm³/mol. The second-order valence-corrected chi connectivity index (χ2v) is 9.40. The highest BCUT2D eigenvalue weighted by atomic mass is 32.2. The largest absolute Gasteiger partial charge is 0.419 e. The molecule has 2 aromatic carbocycles. The van der Waals surface area contributed by atoms with E-state index >= 15 is 0 Å². The van der Waals surface area contributed by atoms with Gasteiger partial charge in [0.25, 0.3) is 5.91 Å². The summed E-state index contributed by atoms with van der Waals surface area (Å²) in [5.41, 5.74) is 1.83. The van der Waals surface area contributed by atoms with Crippen molar-refractivity contribution in [3.8, 4) is 0 Å². The van der Waals surface area contributed by atoms with Crippen molar-refractivity contribution in [2.24, 2.45) is 0 Å². The monoisotopic (exact) mass is 447 g/mol. The molecule has 9 nitrogen and oxygen atoms in total. The van der Waals surface area contributed by atoms with Crippen molar-refractivity contribution in [1.82, 2.24) is 9.47 Å². The number of nitrogens with zero attached hydrogens (tertiary/aromatic N) is 2. The quantitative estimate of drug-likeness (QED) is 0.533. The number of fused-ring (bicyclic) bond motifs is 1. The normalized spacial score (nSPS) is 11.9. The molecule has 0 aliphatic carbocycles. The minimum absolute atomic E-state index is 0.0979. The fraction of sp³-hybridized carbons (Fsp3) is 0.333. The number of methoxy groups -OCH3 is 1. The molecule has 3 aromatic rings. The number of sulfone groups is 1. The van der Waals surface area contributed by atoms with Crippen molar-refractivity contribution in [1.29, 1.82) is 0 Å². The Bertz CT molecular complexity index is 1230. The third kappa shape index (κ3) is 5.40. The second kappa shape index (κ2) is 9.46. The first-order valence-corrected chi connectivity index (χ1v) is 11.3. The Kier molecular flexibility index (Phi) is 6.94. The molecule has 0 bridgehead atoms. The van der Waals surface area contributed by atoms with Crippen LogP contribution in [0.3, 0.4) is 0 Å². The van der Waals surface area contributed by atoms with Crippen LogP contribution in [0, 0.1) is 0 Å². The van der Waals surface area contributed by atoms with Crippen LogP contribution >= 0.6 is 0 Å². The first-order chi connectivity index (χ1) is 14.7. The molecule has 0 aliphatic heterocycles. The number of nitrogens with one attached hydrogen (secondary N) is 1. The molecule has 0 radical (unpaired) electrons. The topological polar surface area (TPSA) is 111 Å². The Labute approximate surface area is 180 Å². The van der Waals surface area contributed by atoms with E-state index in [4.69, 9.17) is 9.15 Å². The number of carbonyl (C=O) groups excluding carboxylic acids is 1. The van der Waals surface area contributed by atoms with Crippen LogP contribution in [0.4, 0.5) is 5.69 Å². The maximum absolute atomic E-state index is 12.6. The third-order valence-corrected chi connectivity index (χ3v) is 6.42. The van der Waals surface area contributed by atoms with Gasteiger partial charge in [-0.3, -0.25) is 9.36 Å². The number of carbonyl (C=O) groups is 1. The number of oxazole rings is 1. The van der Waals surface area contributed by atoms with Crippen molar-refractivity contribution in [3.05, 3.63) is 58.6 Å². The van der Waals surface area contributed by atoms with Gasteiger partial charge in [0, 0.05) is 31.5 Å². The molecule has 1 amide bonds. The number of amides is 1. The Morgan fingerprint density at radius 3 is 2.52 bits per heavy atom. The molecule has 0 saturated carbocycles. The van der Waals surface area contributed by atoms with Gasteiger partial charge in [0.05, 0.1) is 22.8 Å². The summed E-state index contributed by atoms with van der Waals surface area (Å²) >= 11 is 0. The first kappa shape index (κ1) is 22.7. The molecule has 10 heteroatoms. The summed E-state index contributed by atoms with van der Waals surface area (Å²) in [6, 6.07) is 10.7. The van der Waals surface area contributed by atoms with Gasteiger partial charge in [-0.2, -0.15) is 0 Å². The SMILES string of the molecule is COCCS(=O)(=O)c1ccc(C(=O)Nc2ccc3oc(=O)n(CCN(C)C)c3c2)cc1. The highest BCUT2D eigenvalue weighted by Gasteiger charge is 2.16. The lowest BCUT2D eigenvalue weighted by atomic mass is 10.2. The maximum atomic E-state index is 12.6. The van der Waals surface area contributed by atoms with Crippen LogP contribution in [-0.2, 0) is 21.1 Å². The third-order valence-electron chi connectivity index (χ3n) is 4.73. The van der Waals surface area contributed by atoms with Crippen molar-refractivity contribution in [2.45, 2.75) is 11.4 Å². The van der Waals surface area contributed by atoms with Crippen molar-refractivity contribution < 1.29 is 22.4 Å². The molecule has 1 heterocycles. The number of rotatable bonds is 9. The molecule has 166 valence electrons. The van der Waals surface area contributed by atoms with Crippen LogP contribution in [0.25, 0.3) is 11.1 Å². The lowest BCUT2D eigenvalue weighted by Gasteiger charge is -2.10. The number of likely N-dealkylation sites (N-methyl/N-ethyl adjacent to an activating group) is 1. The highest BCUT2D eigenvalue weighted by molar-refractivity contribution is 7.91. The van der Waals surface area contributed by atoms with Gasteiger partial charge in [-0.15, -0.1) is 0 Å². The molecular weight excluding hydrogens is 422 g/mol. The van der Waals surface area contributed by atoms with E-state index in [1.807, 2.05) is 19.0 Å². The Morgan fingerprint density at radius 2 is 1.87 bits per heavy atom. The molecule has 0 atom stereocenters. The molecule has 1 aromatic heterocycles. The van der Waals surface area contributed by atoms with Crippen molar-refractivity contribution in [2.75, 3.05) is 45.4 Å². The van der Waals surface area contributed by atoms with E-state index < -0.39 is 21.5 Å². The van der Waals surface area contributed by atoms with Crippen LogP contribution < -0.4 is 11.1 Å². The zero-order valence-electron chi connectivity index (χ0n) is 17.6. The van der Waals surface area contributed by atoms with E-state index in [0.29, 0.717) is 35.4 Å². The highest BCUT2D eigenvalue weighted by Crippen LogP contribution is 2.20. The Hall–Kier alpha value is -2.95. The number of anilines is 1. The van der Waals surface area contributed by atoms with Crippen LogP contribution in [-0.4, -0.2) is 63.9 Å². The summed E-state index contributed by atoms with van der Waals surface area (Å²) in [6.07, 6.45) is 0. The summed E-state index contributed by atoms with van der Waals surface area (Å²) in [7, 11) is 1.79. The van der Waals surface area contributed by atoms with Gasteiger partial charge in [-0.25, -0.2) is 13.2 Å². The number of aromatic nitrogens is 1. The van der Waals surface area contributed by atoms with Gasteiger partial charge in [-0.1, -0.05) is 0 Å². The van der Waals surface area contributed by atoms with Crippen LogP contribution in [0.2, 0.25) is 0 Å². The lowest BCUT2D eigenvalue weighted by molar-refractivity contribution is 0.102. The molecular formula is C21H25N3O6S. The molecule has 0 spiro atoms. The average molecular weight is 448 g/mol. The number of ether oxygens (including phenoxy) is 1. The Balaban J connectivity index is 1.78. The molecule has 0 fully saturated rings. The van der Waals surface area contributed by atoms with Gasteiger partial charge in [0.15, 0.2) is 15.4 Å². The zero-order chi connectivity index (χ0) is 22.6. The zero-order valence-corrected chi connectivity index (χ0v) is 18.4. The molecule has 0 unspecified atom stereocenters. The molecule has 3 rings (SSSR count).